The number of carbonyl (C=O) groups is 1. The quantitative estimate of drug-likeness (QED) is 0.549. The zero-order valence-electron chi connectivity index (χ0n) is 9.52. The highest BCUT2D eigenvalue weighted by atomic mass is 35.5. The van der Waals surface area contributed by atoms with Crippen LogP contribution in [0.4, 0.5) is 0 Å². The monoisotopic (exact) mass is 215 g/mol. The van der Waals surface area contributed by atoms with Gasteiger partial charge in [0.15, 0.2) is 5.78 Å². The average molecular weight is 216 g/mol. The van der Waals surface area contributed by atoms with E-state index in [9.17, 15) is 4.79 Å². The summed E-state index contributed by atoms with van der Waals surface area (Å²) in [6.45, 7) is 7.89. The fraction of sp³-hybridized carbons (Fsp3) is 0.545. The average Bonchev–Trinajstić information content (AvgIpc) is 2.48. The van der Waals surface area contributed by atoms with Crippen molar-refractivity contribution < 1.29 is 4.79 Å². The molecule has 0 fully saturated rings. The lowest BCUT2D eigenvalue weighted by Gasteiger charge is -1.99. The first-order valence-corrected chi connectivity index (χ1v) is 5.33. The Bertz CT molecular complexity index is 315. The van der Waals surface area contributed by atoms with Crippen LogP contribution in [0.1, 0.15) is 35.6 Å². The number of rotatable bonds is 2. The summed E-state index contributed by atoms with van der Waals surface area (Å²) in [5.41, 5.74) is 2.81. The lowest BCUT2D eigenvalue weighted by atomic mass is 10.2. The highest BCUT2D eigenvalue weighted by Gasteiger charge is 2.11. The zero-order valence-corrected chi connectivity index (χ0v) is 10.3. The first kappa shape index (κ1) is 13.2. The number of halogens is 1. The van der Waals surface area contributed by atoms with E-state index in [-0.39, 0.29) is 11.7 Å². The standard InChI is InChI=1S/C9H12ClNO.C2H6/c1-6-4-8(9(12)5-10)7(2)11(6)3;1-2/h4H,5H2,1-3H3;1-2H3. The fourth-order valence-electron chi connectivity index (χ4n) is 1.21. The van der Waals surface area contributed by atoms with Gasteiger partial charge in [-0.2, -0.15) is 0 Å². The third-order valence-corrected chi connectivity index (χ3v) is 2.44. The van der Waals surface area contributed by atoms with Crippen molar-refractivity contribution in [1.82, 2.24) is 4.57 Å². The molecular weight excluding hydrogens is 198 g/mol. The van der Waals surface area contributed by atoms with Crippen LogP contribution < -0.4 is 0 Å². The van der Waals surface area contributed by atoms with E-state index in [1.807, 2.05) is 45.4 Å². The second-order valence-corrected chi connectivity index (χ2v) is 3.17. The van der Waals surface area contributed by atoms with Crippen molar-refractivity contribution in [3.05, 3.63) is 23.0 Å². The van der Waals surface area contributed by atoms with E-state index in [2.05, 4.69) is 0 Å². The molecular formula is C11H18ClNO. The minimum absolute atomic E-state index is 0.00198. The summed E-state index contributed by atoms with van der Waals surface area (Å²) in [4.78, 5) is 11.3. The molecule has 0 saturated heterocycles. The van der Waals surface area contributed by atoms with E-state index in [0.717, 1.165) is 17.0 Å². The molecule has 14 heavy (non-hydrogen) atoms. The second kappa shape index (κ2) is 5.86. The van der Waals surface area contributed by atoms with Crippen LogP contribution in [0.3, 0.4) is 0 Å². The van der Waals surface area contributed by atoms with Gasteiger partial charge in [0, 0.05) is 24.0 Å². The number of ketones is 1. The van der Waals surface area contributed by atoms with Gasteiger partial charge >= 0.3 is 0 Å². The molecule has 1 aromatic heterocycles. The van der Waals surface area contributed by atoms with Crippen molar-refractivity contribution >= 4 is 17.4 Å². The molecule has 0 amide bonds. The Morgan fingerprint density at radius 3 is 2.21 bits per heavy atom. The minimum Gasteiger partial charge on any atom is -0.351 e. The van der Waals surface area contributed by atoms with E-state index in [1.165, 1.54) is 0 Å². The second-order valence-electron chi connectivity index (χ2n) is 2.90. The topological polar surface area (TPSA) is 22.0 Å². The predicted octanol–water partition coefficient (Wildman–Crippen LogP) is 3.09. The van der Waals surface area contributed by atoms with Gasteiger partial charge < -0.3 is 4.57 Å². The third kappa shape index (κ3) is 2.61. The van der Waals surface area contributed by atoms with Crippen LogP contribution in [0.25, 0.3) is 0 Å². The molecule has 80 valence electrons. The van der Waals surface area contributed by atoms with Crippen molar-refractivity contribution in [2.45, 2.75) is 27.7 Å². The molecule has 0 aliphatic heterocycles. The SMILES string of the molecule is CC.Cc1cc(C(=O)CCl)c(C)n1C. The van der Waals surface area contributed by atoms with Crippen LogP contribution in [0, 0.1) is 13.8 Å². The number of hydrogen-bond acceptors (Lipinski definition) is 1. The number of Topliss-reactive ketones (excluding diaryl/α,β-unsaturated/α-hetero) is 1. The Morgan fingerprint density at radius 1 is 1.43 bits per heavy atom. The molecule has 1 aromatic rings. The predicted molar refractivity (Wildman–Crippen MR) is 61.3 cm³/mol. The number of aromatic nitrogens is 1. The van der Waals surface area contributed by atoms with Crippen molar-refractivity contribution in [2.24, 2.45) is 7.05 Å². The molecule has 0 aliphatic carbocycles. The molecule has 0 aliphatic rings. The van der Waals surface area contributed by atoms with E-state index in [4.69, 9.17) is 11.6 Å². The molecule has 0 spiro atoms. The van der Waals surface area contributed by atoms with Crippen LogP contribution in [-0.2, 0) is 7.05 Å². The molecule has 3 heteroatoms. The summed E-state index contributed by atoms with van der Waals surface area (Å²) in [6, 6.07) is 1.88. The van der Waals surface area contributed by atoms with Crippen LogP contribution >= 0.6 is 11.6 Å². The Balaban J connectivity index is 0.000000791. The molecule has 0 radical (unpaired) electrons. The van der Waals surface area contributed by atoms with Gasteiger partial charge in [-0.15, -0.1) is 11.6 Å². The van der Waals surface area contributed by atoms with Crippen LogP contribution in [0.2, 0.25) is 0 Å². The minimum atomic E-state index is -0.00198. The molecule has 0 aromatic carbocycles. The van der Waals surface area contributed by atoms with Gasteiger partial charge in [-0.05, 0) is 19.9 Å². The molecule has 1 rings (SSSR count). The number of aryl methyl sites for hydroxylation is 1. The van der Waals surface area contributed by atoms with E-state index >= 15 is 0 Å². The van der Waals surface area contributed by atoms with E-state index in [0.29, 0.717) is 0 Å². The molecule has 0 saturated carbocycles. The number of alkyl halides is 1. The summed E-state index contributed by atoms with van der Waals surface area (Å²) < 4.78 is 1.99. The largest absolute Gasteiger partial charge is 0.351 e. The maximum absolute atomic E-state index is 11.3. The van der Waals surface area contributed by atoms with Gasteiger partial charge in [-0.3, -0.25) is 4.79 Å². The third-order valence-electron chi connectivity index (χ3n) is 2.20. The molecule has 0 N–H and O–H groups in total. The molecule has 0 unspecified atom stereocenters. The number of carbonyl (C=O) groups excluding carboxylic acids is 1. The normalized spacial score (nSPS) is 9.29. The lowest BCUT2D eigenvalue weighted by Crippen LogP contribution is -2.02. The Labute approximate surface area is 90.9 Å². The van der Waals surface area contributed by atoms with Gasteiger partial charge in [-0.25, -0.2) is 0 Å². The Morgan fingerprint density at radius 2 is 1.93 bits per heavy atom. The Hall–Kier alpha value is -0.760. The van der Waals surface area contributed by atoms with Gasteiger partial charge in [0.05, 0.1) is 5.88 Å². The highest BCUT2D eigenvalue weighted by Crippen LogP contribution is 2.13. The zero-order chi connectivity index (χ0) is 11.3. The summed E-state index contributed by atoms with van der Waals surface area (Å²) >= 11 is 5.46. The first-order chi connectivity index (χ1) is 6.57. The van der Waals surface area contributed by atoms with Crippen molar-refractivity contribution in [2.75, 3.05) is 5.88 Å². The van der Waals surface area contributed by atoms with Crippen LogP contribution in [0.5, 0.6) is 0 Å². The van der Waals surface area contributed by atoms with Crippen molar-refractivity contribution in [3.8, 4) is 0 Å². The summed E-state index contributed by atoms with van der Waals surface area (Å²) in [7, 11) is 1.94. The van der Waals surface area contributed by atoms with Crippen molar-refractivity contribution in [3.63, 3.8) is 0 Å². The Kier molecular flexibility index (Phi) is 5.55. The molecule has 2 nitrogen and oxygen atoms in total. The molecule has 0 bridgehead atoms. The van der Waals surface area contributed by atoms with Crippen LogP contribution in [-0.4, -0.2) is 16.2 Å². The first-order valence-electron chi connectivity index (χ1n) is 4.80. The highest BCUT2D eigenvalue weighted by molar-refractivity contribution is 6.30. The van der Waals surface area contributed by atoms with Gasteiger partial charge in [0.2, 0.25) is 0 Å². The maximum Gasteiger partial charge on any atom is 0.179 e. The number of hydrogen-bond donors (Lipinski definition) is 0. The van der Waals surface area contributed by atoms with Gasteiger partial charge in [0.25, 0.3) is 0 Å². The van der Waals surface area contributed by atoms with Crippen LogP contribution in [0.15, 0.2) is 6.07 Å². The van der Waals surface area contributed by atoms with E-state index in [1.54, 1.807) is 0 Å². The van der Waals surface area contributed by atoms with Gasteiger partial charge in [-0.1, -0.05) is 13.8 Å². The van der Waals surface area contributed by atoms with Gasteiger partial charge in [0.1, 0.15) is 0 Å². The number of nitrogens with zero attached hydrogens (tertiary/aromatic N) is 1. The van der Waals surface area contributed by atoms with E-state index < -0.39 is 0 Å². The molecule has 0 atom stereocenters. The lowest BCUT2D eigenvalue weighted by molar-refractivity contribution is 0.102. The summed E-state index contributed by atoms with van der Waals surface area (Å²) in [5, 5.41) is 0. The smallest absolute Gasteiger partial charge is 0.179 e. The summed E-state index contributed by atoms with van der Waals surface area (Å²) in [5.74, 6) is 0.0578. The summed E-state index contributed by atoms with van der Waals surface area (Å²) in [6.07, 6.45) is 0. The molecule has 1 heterocycles. The van der Waals surface area contributed by atoms with Crippen molar-refractivity contribution in [1.29, 1.82) is 0 Å². The maximum atomic E-state index is 11.3. The fourth-order valence-corrected chi connectivity index (χ4v) is 1.35.